The molecule has 27 heavy (non-hydrogen) atoms. The summed E-state index contributed by atoms with van der Waals surface area (Å²) < 4.78 is 5.51. The van der Waals surface area contributed by atoms with Crippen LogP contribution in [0.3, 0.4) is 0 Å². The fourth-order valence-electron chi connectivity index (χ4n) is 4.37. The van der Waals surface area contributed by atoms with Crippen molar-refractivity contribution in [2.75, 3.05) is 38.1 Å². The average Bonchev–Trinajstić information content (AvgIpc) is 3.38. The van der Waals surface area contributed by atoms with Crippen LogP contribution in [0.2, 0.25) is 0 Å². The van der Waals surface area contributed by atoms with Crippen LogP contribution in [0.5, 0.6) is 0 Å². The molecule has 0 spiro atoms. The van der Waals surface area contributed by atoms with Crippen LogP contribution in [0, 0.1) is 0 Å². The van der Waals surface area contributed by atoms with E-state index in [1.807, 2.05) is 17.9 Å². The van der Waals surface area contributed by atoms with Gasteiger partial charge in [-0.3, -0.25) is 14.5 Å². The van der Waals surface area contributed by atoms with Gasteiger partial charge < -0.3 is 15.0 Å². The zero-order valence-corrected chi connectivity index (χ0v) is 16.1. The first-order valence-corrected chi connectivity index (χ1v) is 10.2. The van der Waals surface area contributed by atoms with Gasteiger partial charge in [0.1, 0.15) is 6.10 Å². The van der Waals surface area contributed by atoms with Crippen molar-refractivity contribution in [3.05, 3.63) is 29.3 Å². The SMILES string of the molecule is C[C@@H](C(=O)Nc1ccc2c(c1)CCC2)N1CCN(C(=O)[C@@H]2CCCO2)CC1. The van der Waals surface area contributed by atoms with Crippen molar-refractivity contribution in [3.63, 3.8) is 0 Å². The minimum atomic E-state index is -0.253. The van der Waals surface area contributed by atoms with E-state index < -0.39 is 0 Å². The lowest BCUT2D eigenvalue weighted by Gasteiger charge is -2.38. The zero-order valence-electron chi connectivity index (χ0n) is 16.1. The summed E-state index contributed by atoms with van der Waals surface area (Å²) in [5, 5.41) is 3.07. The summed E-state index contributed by atoms with van der Waals surface area (Å²) >= 11 is 0. The van der Waals surface area contributed by atoms with Gasteiger partial charge in [-0.2, -0.15) is 0 Å². The highest BCUT2D eigenvalue weighted by atomic mass is 16.5. The number of carbonyl (C=O) groups is 2. The molecule has 0 aromatic heterocycles. The summed E-state index contributed by atoms with van der Waals surface area (Å²) in [5.41, 5.74) is 3.66. The van der Waals surface area contributed by atoms with E-state index in [-0.39, 0.29) is 24.0 Å². The fraction of sp³-hybridized carbons (Fsp3) is 0.619. The van der Waals surface area contributed by atoms with Crippen molar-refractivity contribution >= 4 is 17.5 Å². The number of rotatable bonds is 4. The molecule has 2 heterocycles. The minimum absolute atomic E-state index is 0.0202. The van der Waals surface area contributed by atoms with Gasteiger partial charge in [0.15, 0.2) is 0 Å². The van der Waals surface area contributed by atoms with Crippen molar-refractivity contribution in [2.24, 2.45) is 0 Å². The van der Waals surface area contributed by atoms with E-state index in [2.05, 4.69) is 22.3 Å². The molecule has 1 aliphatic carbocycles. The maximum absolute atomic E-state index is 12.7. The maximum Gasteiger partial charge on any atom is 0.251 e. The Balaban J connectivity index is 1.29. The van der Waals surface area contributed by atoms with E-state index in [0.717, 1.165) is 44.5 Å². The molecule has 2 saturated heterocycles. The second-order valence-corrected chi connectivity index (χ2v) is 7.87. The molecule has 2 atom stereocenters. The molecule has 6 nitrogen and oxygen atoms in total. The van der Waals surface area contributed by atoms with Crippen LogP contribution in [0.4, 0.5) is 5.69 Å². The number of ether oxygens (including phenoxy) is 1. The van der Waals surface area contributed by atoms with Gasteiger partial charge in [-0.05, 0) is 62.3 Å². The summed E-state index contributed by atoms with van der Waals surface area (Å²) in [6.07, 6.45) is 5.01. The highest BCUT2D eigenvalue weighted by Gasteiger charge is 2.32. The lowest BCUT2D eigenvalue weighted by atomic mass is 10.1. The van der Waals surface area contributed by atoms with E-state index in [1.165, 1.54) is 17.5 Å². The number of aryl methyl sites for hydroxylation is 2. The van der Waals surface area contributed by atoms with Crippen LogP contribution >= 0.6 is 0 Å². The Bertz CT molecular complexity index is 707. The first-order valence-electron chi connectivity index (χ1n) is 10.2. The number of carbonyl (C=O) groups excluding carboxylic acids is 2. The van der Waals surface area contributed by atoms with E-state index in [1.54, 1.807) is 0 Å². The molecule has 1 aromatic rings. The van der Waals surface area contributed by atoms with Gasteiger partial charge in [0.2, 0.25) is 5.91 Å². The molecule has 0 unspecified atom stereocenters. The van der Waals surface area contributed by atoms with Crippen LogP contribution in [-0.2, 0) is 27.2 Å². The Kier molecular flexibility index (Phi) is 5.45. The van der Waals surface area contributed by atoms with Gasteiger partial charge in [-0.25, -0.2) is 0 Å². The number of hydrogen-bond acceptors (Lipinski definition) is 4. The molecule has 4 rings (SSSR count). The van der Waals surface area contributed by atoms with E-state index in [0.29, 0.717) is 19.7 Å². The third kappa shape index (κ3) is 4.01. The zero-order chi connectivity index (χ0) is 18.8. The molecule has 6 heteroatoms. The number of hydrogen-bond donors (Lipinski definition) is 1. The van der Waals surface area contributed by atoms with Crippen LogP contribution in [0.1, 0.15) is 37.3 Å². The maximum atomic E-state index is 12.7. The van der Waals surface area contributed by atoms with Crippen LogP contribution < -0.4 is 5.32 Å². The predicted octanol–water partition coefficient (Wildman–Crippen LogP) is 1.83. The summed E-state index contributed by atoms with van der Waals surface area (Å²) in [6.45, 7) is 5.40. The van der Waals surface area contributed by atoms with Crippen molar-refractivity contribution in [3.8, 4) is 0 Å². The highest BCUT2D eigenvalue weighted by Crippen LogP contribution is 2.25. The van der Waals surface area contributed by atoms with Crippen LogP contribution in [-0.4, -0.2) is 66.5 Å². The monoisotopic (exact) mass is 371 g/mol. The lowest BCUT2D eigenvalue weighted by molar-refractivity contribution is -0.143. The molecule has 1 N–H and O–H groups in total. The molecule has 0 bridgehead atoms. The van der Waals surface area contributed by atoms with Crippen LogP contribution in [0.25, 0.3) is 0 Å². The van der Waals surface area contributed by atoms with Gasteiger partial charge in [-0.15, -0.1) is 0 Å². The summed E-state index contributed by atoms with van der Waals surface area (Å²) in [4.78, 5) is 29.2. The molecule has 0 saturated carbocycles. The van der Waals surface area contributed by atoms with Crippen molar-refractivity contribution in [1.82, 2.24) is 9.80 Å². The van der Waals surface area contributed by atoms with E-state index in [4.69, 9.17) is 4.74 Å². The Labute approximate surface area is 160 Å². The second kappa shape index (κ2) is 7.98. The fourth-order valence-corrected chi connectivity index (χ4v) is 4.37. The third-order valence-corrected chi connectivity index (χ3v) is 6.12. The number of benzene rings is 1. The van der Waals surface area contributed by atoms with Gasteiger partial charge >= 0.3 is 0 Å². The second-order valence-electron chi connectivity index (χ2n) is 7.87. The molecule has 1 aromatic carbocycles. The molecule has 3 aliphatic rings. The number of nitrogens with one attached hydrogen (secondary N) is 1. The topological polar surface area (TPSA) is 61.9 Å². The summed E-state index contributed by atoms with van der Waals surface area (Å²) in [6, 6.07) is 6.05. The quantitative estimate of drug-likeness (QED) is 0.877. The minimum Gasteiger partial charge on any atom is -0.368 e. The molecule has 2 aliphatic heterocycles. The highest BCUT2D eigenvalue weighted by molar-refractivity contribution is 5.94. The van der Waals surface area contributed by atoms with Gasteiger partial charge in [-0.1, -0.05) is 6.07 Å². The van der Waals surface area contributed by atoms with Crippen molar-refractivity contribution in [1.29, 1.82) is 0 Å². The predicted molar refractivity (Wildman–Crippen MR) is 104 cm³/mol. The molecule has 2 fully saturated rings. The van der Waals surface area contributed by atoms with Gasteiger partial charge in [0, 0.05) is 38.5 Å². The summed E-state index contributed by atoms with van der Waals surface area (Å²) in [7, 11) is 0. The lowest BCUT2D eigenvalue weighted by Crippen LogP contribution is -2.55. The first-order chi connectivity index (χ1) is 13.1. The molecular formula is C21H29N3O3. The Morgan fingerprint density at radius 2 is 1.89 bits per heavy atom. The third-order valence-electron chi connectivity index (χ3n) is 6.12. The Hall–Kier alpha value is -1.92. The Morgan fingerprint density at radius 3 is 2.63 bits per heavy atom. The molecular weight excluding hydrogens is 342 g/mol. The number of fused-ring (bicyclic) bond motifs is 1. The number of nitrogens with zero attached hydrogens (tertiary/aromatic N) is 2. The summed E-state index contributed by atoms with van der Waals surface area (Å²) in [5.74, 6) is 0.134. The van der Waals surface area contributed by atoms with Gasteiger partial charge in [0.05, 0.1) is 6.04 Å². The number of anilines is 1. The van der Waals surface area contributed by atoms with Crippen molar-refractivity contribution in [2.45, 2.75) is 51.2 Å². The van der Waals surface area contributed by atoms with E-state index in [9.17, 15) is 9.59 Å². The molecule has 0 radical (unpaired) electrons. The first kappa shape index (κ1) is 18.4. The van der Waals surface area contributed by atoms with E-state index >= 15 is 0 Å². The normalized spacial score (nSPS) is 23.9. The average molecular weight is 371 g/mol. The number of amides is 2. The Morgan fingerprint density at radius 1 is 1.11 bits per heavy atom. The smallest absolute Gasteiger partial charge is 0.251 e. The standard InChI is InChI=1S/C21H29N3O3/c1-15(20(25)22-18-8-7-16-4-2-5-17(16)14-18)23-9-11-24(12-10-23)21(26)19-6-3-13-27-19/h7-8,14-15,19H,2-6,9-13H2,1H3,(H,22,25)/t15-,19-/m0/s1. The number of piperazine rings is 1. The molecule has 146 valence electrons. The van der Waals surface area contributed by atoms with Crippen molar-refractivity contribution < 1.29 is 14.3 Å². The largest absolute Gasteiger partial charge is 0.368 e. The molecule has 2 amide bonds. The van der Waals surface area contributed by atoms with Crippen LogP contribution in [0.15, 0.2) is 18.2 Å². The van der Waals surface area contributed by atoms with Gasteiger partial charge in [0.25, 0.3) is 5.91 Å².